The summed E-state index contributed by atoms with van der Waals surface area (Å²) in [6, 6.07) is 8.94. The van der Waals surface area contributed by atoms with Crippen LogP contribution in [0, 0.1) is 11.8 Å². The summed E-state index contributed by atoms with van der Waals surface area (Å²) in [6.45, 7) is 2.20. The minimum Gasteiger partial charge on any atom is -0.204 e. The zero-order valence-corrected chi connectivity index (χ0v) is 23.7. The number of allylic oxidation sites excluding steroid dienone is 8. The van der Waals surface area contributed by atoms with Gasteiger partial charge in [0, 0.05) is 70.2 Å². The first-order chi connectivity index (χ1) is 16.9. The van der Waals surface area contributed by atoms with E-state index in [1.165, 1.54) is 75.3 Å². The van der Waals surface area contributed by atoms with Gasteiger partial charge in [0.2, 0.25) is 0 Å². The van der Waals surface area contributed by atoms with Gasteiger partial charge in [0.05, 0.1) is 0 Å². The maximum atomic E-state index is 2.36. The Kier molecular flexibility index (Phi) is 15.0. The van der Waals surface area contributed by atoms with Gasteiger partial charge in [0.1, 0.15) is 0 Å². The summed E-state index contributed by atoms with van der Waals surface area (Å²) >= 11 is 0. The molecule has 4 heteroatoms. The number of hydrogen-bond donors (Lipinski definition) is 0. The molecule has 0 aromatic carbocycles. The number of aromatic nitrogens is 2. The van der Waals surface area contributed by atoms with Crippen LogP contribution in [0.1, 0.15) is 64.2 Å². The van der Waals surface area contributed by atoms with Crippen molar-refractivity contribution in [1.29, 1.82) is 0 Å². The van der Waals surface area contributed by atoms with E-state index in [-0.39, 0.29) is 34.1 Å². The van der Waals surface area contributed by atoms with Gasteiger partial charge in [0.15, 0.2) is 37.9 Å². The van der Waals surface area contributed by atoms with E-state index in [0.29, 0.717) is 11.8 Å². The second kappa shape index (κ2) is 17.7. The van der Waals surface area contributed by atoms with Gasteiger partial charge in [-0.25, -0.2) is 9.13 Å². The summed E-state index contributed by atoms with van der Waals surface area (Å²) in [7, 11) is 0. The van der Waals surface area contributed by atoms with Gasteiger partial charge in [-0.15, -0.1) is 0 Å². The third kappa shape index (κ3) is 10.7. The summed E-state index contributed by atoms with van der Waals surface area (Å²) in [6.07, 6.45) is 40.3. The molecule has 2 nitrogen and oxygen atoms in total. The Morgan fingerprint density at radius 2 is 0.861 bits per heavy atom. The minimum atomic E-state index is 0. The van der Waals surface area contributed by atoms with Crippen molar-refractivity contribution in [3.63, 3.8) is 0 Å². The molecule has 0 spiro atoms. The molecule has 6 rings (SSSR count). The molecule has 0 radical (unpaired) electrons. The average Bonchev–Trinajstić information content (AvgIpc) is 3.69. The summed E-state index contributed by atoms with van der Waals surface area (Å²) in [5.74, 6) is 1.42. The van der Waals surface area contributed by atoms with Crippen LogP contribution in [-0.2, 0) is 47.2 Å². The quantitative estimate of drug-likeness (QED) is 0.204. The second-order valence-electron chi connectivity index (χ2n) is 9.90. The van der Waals surface area contributed by atoms with Gasteiger partial charge >= 0.3 is 0 Å². The van der Waals surface area contributed by atoms with E-state index in [1.54, 1.807) is 0 Å². The van der Waals surface area contributed by atoms with Crippen LogP contribution in [0.5, 0.6) is 0 Å². The molecule has 0 fully saturated rings. The first kappa shape index (κ1) is 30.5. The maximum Gasteiger partial charge on any atom is 0.169 e. The summed E-state index contributed by atoms with van der Waals surface area (Å²) in [5, 5.41) is 0. The Balaban J connectivity index is 0.000000317. The van der Waals surface area contributed by atoms with E-state index in [4.69, 9.17) is 0 Å². The van der Waals surface area contributed by atoms with Crippen molar-refractivity contribution in [2.45, 2.75) is 77.3 Å². The van der Waals surface area contributed by atoms with E-state index in [0.717, 1.165) is 13.1 Å². The van der Waals surface area contributed by atoms with Gasteiger partial charge in [-0.1, -0.05) is 48.6 Å². The Morgan fingerprint density at radius 1 is 0.500 bits per heavy atom. The van der Waals surface area contributed by atoms with Crippen molar-refractivity contribution in [2.75, 3.05) is 0 Å². The second-order valence-corrected chi connectivity index (χ2v) is 9.90. The molecule has 0 unspecified atom stereocenters. The molecule has 0 amide bonds. The van der Waals surface area contributed by atoms with Gasteiger partial charge in [-0.05, 0) is 75.3 Å². The third-order valence-electron chi connectivity index (χ3n) is 7.05. The van der Waals surface area contributed by atoms with Crippen LogP contribution in [-0.4, -0.2) is 0 Å². The van der Waals surface area contributed by atoms with Crippen LogP contribution in [0.25, 0.3) is 11.1 Å². The first-order valence-corrected chi connectivity index (χ1v) is 13.5. The molecule has 2 aromatic heterocycles. The van der Waals surface area contributed by atoms with Crippen LogP contribution in [0.2, 0.25) is 0 Å². The standard InChI is InChI=1S/C22H26N2.2C5H8.2Fe/c1-2-6-19(5-1)17-23-13-9-21(10-14-23)22-11-15-24(16-12-22)18-20-7-3-4-8-20;2*1-2-4-5-3-1;;/h1,3,5,7,9-16,19-20H,2,4,6,8,17-18H2;2*1-2H,3-5H2;;/q+2;;;;/t19-,20+;;;;. The largest absolute Gasteiger partial charge is 0.204 e. The van der Waals surface area contributed by atoms with Crippen LogP contribution in [0.4, 0.5) is 0 Å². The Bertz CT molecular complexity index is 881. The van der Waals surface area contributed by atoms with Crippen LogP contribution >= 0.6 is 0 Å². The van der Waals surface area contributed by atoms with Crippen molar-refractivity contribution in [3.8, 4) is 11.1 Å². The summed E-state index contributed by atoms with van der Waals surface area (Å²) in [4.78, 5) is 0. The molecular formula is C32H42Fe2N2+2. The van der Waals surface area contributed by atoms with Gasteiger partial charge in [-0.3, -0.25) is 0 Å². The average molecular weight is 566 g/mol. The monoisotopic (exact) mass is 566 g/mol. The van der Waals surface area contributed by atoms with Gasteiger partial charge in [0.25, 0.3) is 0 Å². The molecular weight excluding hydrogens is 524 g/mol. The third-order valence-corrected chi connectivity index (χ3v) is 7.05. The van der Waals surface area contributed by atoms with E-state index in [2.05, 4.69) is 107 Å². The maximum absolute atomic E-state index is 2.36. The van der Waals surface area contributed by atoms with Crippen molar-refractivity contribution in [1.82, 2.24) is 0 Å². The molecule has 0 saturated carbocycles. The fourth-order valence-corrected chi connectivity index (χ4v) is 4.96. The van der Waals surface area contributed by atoms with E-state index >= 15 is 0 Å². The Hall–Kier alpha value is -1.70. The molecule has 0 aliphatic heterocycles. The molecule has 194 valence electrons. The molecule has 0 N–H and O–H groups in total. The Morgan fingerprint density at radius 3 is 1.11 bits per heavy atom. The topological polar surface area (TPSA) is 7.76 Å². The molecule has 0 saturated heterocycles. The van der Waals surface area contributed by atoms with Gasteiger partial charge in [-0.2, -0.15) is 0 Å². The first-order valence-electron chi connectivity index (χ1n) is 13.5. The number of rotatable bonds is 5. The summed E-state index contributed by atoms with van der Waals surface area (Å²) in [5.41, 5.74) is 2.59. The molecule has 0 bridgehead atoms. The predicted octanol–water partition coefficient (Wildman–Crippen LogP) is 7.31. The van der Waals surface area contributed by atoms with Crippen LogP contribution in [0.3, 0.4) is 0 Å². The van der Waals surface area contributed by atoms with Crippen LogP contribution < -0.4 is 9.13 Å². The van der Waals surface area contributed by atoms with Crippen molar-refractivity contribution >= 4 is 0 Å². The number of nitrogens with zero attached hydrogens (tertiary/aromatic N) is 2. The molecule has 4 aliphatic rings. The minimum absolute atomic E-state index is 0. The fourth-order valence-electron chi connectivity index (χ4n) is 4.96. The number of hydrogen-bond acceptors (Lipinski definition) is 0. The van der Waals surface area contributed by atoms with Crippen molar-refractivity contribution in [2.24, 2.45) is 11.8 Å². The van der Waals surface area contributed by atoms with Crippen molar-refractivity contribution < 1.29 is 43.3 Å². The molecule has 2 aromatic rings. The van der Waals surface area contributed by atoms with Crippen molar-refractivity contribution in [3.05, 3.63) is 97.7 Å². The zero-order valence-electron chi connectivity index (χ0n) is 21.5. The Labute approximate surface area is 240 Å². The SMILES string of the molecule is C1=CCCC1.C1=CCCC1.C1=C[C@@H](C[n+]2ccc(-c3cc[n+](C[C@H]4C=CCC4)cc3)cc2)CC1.[Fe].[Fe]. The van der Waals surface area contributed by atoms with E-state index < -0.39 is 0 Å². The zero-order chi connectivity index (χ0) is 23.3. The molecule has 4 aliphatic carbocycles. The van der Waals surface area contributed by atoms with Gasteiger partial charge < -0.3 is 0 Å². The van der Waals surface area contributed by atoms with Crippen LogP contribution in [0.15, 0.2) is 97.7 Å². The van der Waals surface area contributed by atoms with E-state index in [9.17, 15) is 0 Å². The normalized spacial score (nSPS) is 20.7. The summed E-state index contributed by atoms with van der Waals surface area (Å²) < 4.78 is 4.61. The fraction of sp³-hybridized carbons (Fsp3) is 0.438. The molecule has 36 heavy (non-hydrogen) atoms. The smallest absolute Gasteiger partial charge is 0.169 e. The van der Waals surface area contributed by atoms with E-state index in [1.807, 2.05) is 0 Å². The number of pyridine rings is 2. The predicted molar refractivity (Wildman–Crippen MR) is 142 cm³/mol. The molecule has 2 atom stereocenters. The molecule has 2 heterocycles.